The zero-order valence-electron chi connectivity index (χ0n) is 16.5. The molecule has 1 aliphatic carbocycles. The minimum absolute atomic E-state index is 0.122. The lowest BCUT2D eigenvalue weighted by Crippen LogP contribution is -2.46. The molecule has 0 spiro atoms. The van der Waals surface area contributed by atoms with Gasteiger partial charge in [-0.25, -0.2) is 12.4 Å². The van der Waals surface area contributed by atoms with Gasteiger partial charge in [0.05, 0.1) is 6.20 Å². The van der Waals surface area contributed by atoms with Gasteiger partial charge in [0, 0.05) is 46.5 Å². The highest BCUT2D eigenvalue weighted by atomic mass is 79.9. The van der Waals surface area contributed by atoms with Crippen LogP contribution < -0.4 is 5.56 Å². The van der Waals surface area contributed by atoms with E-state index in [4.69, 9.17) is 0 Å². The predicted octanol–water partition coefficient (Wildman–Crippen LogP) is 3.33. The number of nitrogens with one attached hydrogen (secondary N) is 1. The molecule has 9 heteroatoms. The Morgan fingerprint density at radius 1 is 1.28 bits per heavy atom. The molecule has 1 aliphatic rings. The average Bonchev–Trinajstić information content (AvgIpc) is 3.24. The van der Waals surface area contributed by atoms with Crippen LogP contribution in [0, 0.1) is 6.92 Å². The summed E-state index contributed by atoms with van der Waals surface area (Å²) in [6.07, 6.45) is 8.38. The normalized spacial score (nSPS) is 22.6. The van der Waals surface area contributed by atoms with Crippen molar-refractivity contribution in [2.24, 2.45) is 7.05 Å². The van der Waals surface area contributed by atoms with Gasteiger partial charge in [-0.2, -0.15) is 5.10 Å². The van der Waals surface area contributed by atoms with Crippen molar-refractivity contribution in [1.29, 1.82) is 0 Å². The van der Waals surface area contributed by atoms with Gasteiger partial charge in [-0.3, -0.25) is 9.48 Å². The molecular formula is C20H21BrN4O3S. The lowest BCUT2D eigenvalue weighted by Gasteiger charge is -2.39. The molecule has 3 heterocycles. The maximum atomic E-state index is 14.1. The molecule has 3 aromatic rings. The predicted molar refractivity (Wildman–Crippen MR) is 117 cm³/mol. The number of allylic oxidation sites excluding steroid dienone is 3. The van der Waals surface area contributed by atoms with Crippen molar-refractivity contribution >= 4 is 36.9 Å². The van der Waals surface area contributed by atoms with Gasteiger partial charge in [0.1, 0.15) is 10.3 Å². The Hall–Kier alpha value is -2.39. The minimum Gasteiger partial charge on any atom is -0.327 e. The summed E-state index contributed by atoms with van der Waals surface area (Å²) in [5, 5.41) is 4.89. The number of aryl methyl sites for hydroxylation is 1. The third-order valence-corrected chi connectivity index (χ3v) is 9.00. The van der Waals surface area contributed by atoms with E-state index in [2.05, 4.69) is 26.0 Å². The van der Waals surface area contributed by atoms with Crippen molar-refractivity contribution in [3.05, 3.63) is 74.5 Å². The van der Waals surface area contributed by atoms with Crippen LogP contribution in [0.2, 0.25) is 0 Å². The fraction of sp³-hybridized carbons (Fsp3) is 0.300. The van der Waals surface area contributed by atoms with Gasteiger partial charge >= 0.3 is 0 Å². The third-order valence-electron chi connectivity index (χ3n) is 6.04. The standard InChI is InChI=1S/C20H21BrN4O3S/c1-12-9-15(21)10-17(16-11-23-24(4)13(16)2)20(12,3)29(27,28)25-8-6-14-5-7-22-19(26)18(14)25/h5-11,17H,1-4H3,(H,22,26). The quantitative estimate of drug-likeness (QED) is 0.627. The second kappa shape index (κ2) is 6.56. The molecule has 1 N–H and O–H groups in total. The van der Waals surface area contributed by atoms with Gasteiger partial charge < -0.3 is 4.98 Å². The number of rotatable bonds is 3. The zero-order valence-corrected chi connectivity index (χ0v) is 18.9. The van der Waals surface area contributed by atoms with Crippen LogP contribution in [0.5, 0.6) is 0 Å². The average molecular weight is 477 g/mol. The molecule has 29 heavy (non-hydrogen) atoms. The van der Waals surface area contributed by atoms with E-state index >= 15 is 0 Å². The van der Waals surface area contributed by atoms with E-state index in [1.165, 1.54) is 12.4 Å². The minimum atomic E-state index is -4.02. The third kappa shape index (κ3) is 2.71. The molecular weight excluding hydrogens is 456 g/mol. The highest BCUT2D eigenvalue weighted by molar-refractivity contribution is 9.11. The summed E-state index contributed by atoms with van der Waals surface area (Å²) >= 11 is 3.52. The molecule has 0 saturated heterocycles. The van der Waals surface area contributed by atoms with E-state index in [0.29, 0.717) is 11.0 Å². The Kier molecular flexibility index (Phi) is 4.51. The Morgan fingerprint density at radius 2 is 2.00 bits per heavy atom. The summed E-state index contributed by atoms with van der Waals surface area (Å²) in [5.41, 5.74) is 2.07. The van der Waals surface area contributed by atoms with Gasteiger partial charge in [0.25, 0.3) is 5.56 Å². The van der Waals surface area contributed by atoms with Crippen molar-refractivity contribution in [1.82, 2.24) is 18.7 Å². The zero-order chi connectivity index (χ0) is 21.1. The maximum absolute atomic E-state index is 14.1. The van der Waals surface area contributed by atoms with Crippen molar-refractivity contribution < 1.29 is 8.42 Å². The van der Waals surface area contributed by atoms with Gasteiger partial charge in [0.15, 0.2) is 0 Å². The molecule has 152 valence electrons. The smallest absolute Gasteiger partial charge is 0.273 e. The SMILES string of the molecule is CC1=CC(Br)=CC(c2cnn(C)c2C)C1(C)S(=O)(=O)n1ccc2cc[nH]c(=O)c21. The number of fused-ring (bicyclic) bond motifs is 1. The number of aromatic amines is 1. The molecule has 0 amide bonds. The number of aromatic nitrogens is 4. The molecule has 7 nitrogen and oxygen atoms in total. The maximum Gasteiger partial charge on any atom is 0.273 e. The molecule has 0 aromatic carbocycles. The molecule has 0 saturated carbocycles. The van der Waals surface area contributed by atoms with Gasteiger partial charge in [-0.1, -0.05) is 22.0 Å². The van der Waals surface area contributed by atoms with Crippen LogP contribution in [-0.4, -0.2) is 31.9 Å². The molecule has 2 unspecified atom stereocenters. The van der Waals surface area contributed by atoms with E-state index in [9.17, 15) is 13.2 Å². The summed E-state index contributed by atoms with van der Waals surface area (Å²) in [6.45, 7) is 5.44. The van der Waals surface area contributed by atoms with Crippen LogP contribution in [0.3, 0.4) is 0 Å². The first-order chi connectivity index (χ1) is 13.6. The number of nitrogens with zero attached hydrogens (tertiary/aromatic N) is 3. The Balaban J connectivity index is 2.02. The van der Waals surface area contributed by atoms with E-state index in [-0.39, 0.29) is 5.52 Å². The van der Waals surface area contributed by atoms with Crippen LogP contribution in [0.1, 0.15) is 31.0 Å². The molecule has 4 rings (SSSR count). The van der Waals surface area contributed by atoms with Gasteiger partial charge in [-0.05, 0) is 44.6 Å². The van der Waals surface area contributed by atoms with E-state index < -0.39 is 26.2 Å². The van der Waals surface area contributed by atoms with Gasteiger partial charge in [-0.15, -0.1) is 0 Å². The highest BCUT2D eigenvalue weighted by Gasteiger charge is 2.51. The van der Waals surface area contributed by atoms with E-state index in [1.807, 2.05) is 26.1 Å². The molecule has 0 radical (unpaired) electrons. The van der Waals surface area contributed by atoms with E-state index in [0.717, 1.165) is 19.7 Å². The lowest BCUT2D eigenvalue weighted by molar-refractivity contribution is 0.524. The number of pyridine rings is 1. The van der Waals surface area contributed by atoms with Crippen molar-refractivity contribution in [2.45, 2.75) is 31.4 Å². The van der Waals surface area contributed by atoms with Crippen molar-refractivity contribution in [3.8, 4) is 0 Å². The lowest BCUT2D eigenvalue weighted by atomic mass is 9.79. The highest BCUT2D eigenvalue weighted by Crippen LogP contribution is 2.47. The molecule has 0 aliphatic heterocycles. The largest absolute Gasteiger partial charge is 0.327 e. The first-order valence-corrected chi connectivity index (χ1v) is 11.3. The van der Waals surface area contributed by atoms with Crippen molar-refractivity contribution in [3.63, 3.8) is 0 Å². The molecule has 2 atom stereocenters. The number of H-pyrrole nitrogens is 1. The van der Waals surface area contributed by atoms with Crippen molar-refractivity contribution in [2.75, 3.05) is 0 Å². The van der Waals surface area contributed by atoms with Crippen LogP contribution in [-0.2, 0) is 17.1 Å². The fourth-order valence-corrected chi connectivity index (χ4v) is 6.66. The summed E-state index contributed by atoms with van der Waals surface area (Å²) in [4.78, 5) is 15.0. The van der Waals surface area contributed by atoms with E-state index in [1.54, 1.807) is 36.9 Å². The second-order valence-electron chi connectivity index (χ2n) is 7.50. The fourth-order valence-electron chi connectivity index (χ4n) is 4.01. The summed E-state index contributed by atoms with van der Waals surface area (Å²) < 4.78 is 30.4. The molecule has 0 fully saturated rings. The summed E-state index contributed by atoms with van der Waals surface area (Å²) in [5.74, 6) is -0.485. The van der Waals surface area contributed by atoms with Crippen LogP contribution in [0.25, 0.3) is 10.9 Å². The first kappa shape index (κ1) is 19.9. The second-order valence-corrected chi connectivity index (χ2v) is 10.6. The summed E-state index contributed by atoms with van der Waals surface area (Å²) in [6, 6.07) is 3.33. The van der Waals surface area contributed by atoms with Gasteiger partial charge in [0.2, 0.25) is 10.0 Å². The Morgan fingerprint density at radius 3 is 2.66 bits per heavy atom. The summed E-state index contributed by atoms with van der Waals surface area (Å²) in [7, 11) is -2.19. The molecule has 0 bridgehead atoms. The topological polar surface area (TPSA) is 89.8 Å². The first-order valence-electron chi connectivity index (χ1n) is 9.07. The van der Waals surface area contributed by atoms with Crippen LogP contribution in [0.4, 0.5) is 0 Å². The number of hydrogen-bond acceptors (Lipinski definition) is 4. The van der Waals surface area contributed by atoms with Crippen LogP contribution >= 0.6 is 15.9 Å². The van der Waals surface area contributed by atoms with Crippen LogP contribution in [0.15, 0.2) is 57.7 Å². The number of hydrogen-bond donors (Lipinski definition) is 1. The monoisotopic (exact) mass is 476 g/mol. The number of halogens is 1. The Bertz CT molecular complexity index is 1360. The molecule has 3 aromatic heterocycles. The Labute approximate surface area is 176 Å².